The first-order valence-electron chi connectivity index (χ1n) is 5.83. The van der Waals surface area contributed by atoms with Crippen molar-refractivity contribution >= 4 is 5.91 Å². The summed E-state index contributed by atoms with van der Waals surface area (Å²) in [5, 5.41) is 12.0. The Morgan fingerprint density at radius 1 is 1.35 bits per heavy atom. The Bertz CT molecular complexity index is 472. The molecule has 0 aliphatic carbocycles. The Hall–Kier alpha value is -1.60. The second-order valence-electron chi connectivity index (χ2n) is 4.66. The number of alkyl halides is 3. The van der Waals surface area contributed by atoms with Gasteiger partial charge < -0.3 is 15.2 Å². The Labute approximate surface area is 114 Å². The fraction of sp³-hybridized carbons (Fsp3) is 0.462. The molecule has 20 heavy (non-hydrogen) atoms. The number of ether oxygens (including phenoxy) is 1. The van der Waals surface area contributed by atoms with Crippen molar-refractivity contribution in [3.8, 4) is 0 Å². The highest BCUT2D eigenvalue weighted by Gasteiger charge is 2.35. The van der Waals surface area contributed by atoms with Crippen molar-refractivity contribution in [1.82, 2.24) is 5.32 Å². The Balaban J connectivity index is 2.84. The van der Waals surface area contributed by atoms with Gasteiger partial charge in [-0.1, -0.05) is 12.1 Å². The van der Waals surface area contributed by atoms with Crippen LogP contribution in [0.2, 0.25) is 0 Å². The number of benzene rings is 1. The van der Waals surface area contributed by atoms with Crippen LogP contribution in [-0.4, -0.2) is 36.9 Å². The molecule has 1 amide bonds. The summed E-state index contributed by atoms with van der Waals surface area (Å²) in [6.45, 7) is 1.15. The lowest BCUT2D eigenvalue weighted by Gasteiger charge is -2.23. The molecule has 0 saturated heterocycles. The third kappa shape index (κ3) is 4.50. The summed E-state index contributed by atoms with van der Waals surface area (Å²) >= 11 is 0. The molecule has 0 aromatic heterocycles. The summed E-state index contributed by atoms with van der Waals surface area (Å²) in [5.41, 5.74) is -2.84. The zero-order valence-corrected chi connectivity index (χ0v) is 11.1. The minimum atomic E-state index is -4.61. The maximum Gasteiger partial charge on any atom is 0.417 e. The fourth-order valence-corrected chi connectivity index (χ4v) is 1.66. The van der Waals surface area contributed by atoms with Crippen molar-refractivity contribution < 1.29 is 27.8 Å². The summed E-state index contributed by atoms with van der Waals surface area (Å²) in [6.07, 6.45) is -4.61. The largest absolute Gasteiger partial charge is 0.417 e. The Morgan fingerprint density at radius 3 is 2.50 bits per heavy atom. The molecule has 1 aromatic carbocycles. The molecule has 0 fully saturated rings. The van der Waals surface area contributed by atoms with Crippen molar-refractivity contribution in [2.45, 2.75) is 18.7 Å². The van der Waals surface area contributed by atoms with Crippen LogP contribution in [0.4, 0.5) is 13.2 Å². The van der Waals surface area contributed by atoms with Crippen LogP contribution >= 0.6 is 0 Å². The molecule has 0 saturated carbocycles. The highest BCUT2D eigenvalue weighted by molar-refractivity contribution is 5.95. The van der Waals surface area contributed by atoms with E-state index in [1.54, 1.807) is 0 Å². The van der Waals surface area contributed by atoms with Gasteiger partial charge in [-0.05, 0) is 19.1 Å². The van der Waals surface area contributed by atoms with Gasteiger partial charge in [0, 0.05) is 13.7 Å². The number of aliphatic hydroxyl groups is 1. The molecule has 1 atom stereocenters. The molecule has 0 bridgehead atoms. The molecule has 1 unspecified atom stereocenters. The van der Waals surface area contributed by atoms with Gasteiger partial charge in [0.25, 0.3) is 5.91 Å². The van der Waals surface area contributed by atoms with Crippen LogP contribution in [0.15, 0.2) is 24.3 Å². The monoisotopic (exact) mass is 291 g/mol. The number of nitrogens with one attached hydrogen (secondary N) is 1. The van der Waals surface area contributed by atoms with E-state index in [0.29, 0.717) is 0 Å². The fourth-order valence-electron chi connectivity index (χ4n) is 1.66. The zero-order valence-electron chi connectivity index (χ0n) is 11.1. The van der Waals surface area contributed by atoms with E-state index in [4.69, 9.17) is 4.74 Å². The van der Waals surface area contributed by atoms with Crippen LogP contribution < -0.4 is 5.32 Å². The minimum Gasteiger partial charge on any atom is -0.386 e. The van der Waals surface area contributed by atoms with Crippen LogP contribution in [0.1, 0.15) is 22.8 Å². The first kappa shape index (κ1) is 16.5. The van der Waals surface area contributed by atoms with Crippen molar-refractivity contribution in [3.05, 3.63) is 35.4 Å². The zero-order chi connectivity index (χ0) is 15.4. The molecule has 7 heteroatoms. The third-order valence-electron chi connectivity index (χ3n) is 2.56. The quantitative estimate of drug-likeness (QED) is 0.870. The van der Waals surface area contributed by atoms with Gasteiger partial charge in [0.05, 0.1) is 17.7 Å². The molecule has 112 valence electrons. The highest BCUT2D eigenvalue weighted by atomic mass is 19.4. The number of methoxy groups -OCH3 is 1. The van der Waals surface area contributed by atoms with E-state index in [2.05, 4.69) is 5.32 Å². The highest BCUT2D eigenvalue weighted by Crippen LogP contribution is 2.31. The summed E-state index contributed by atoms with van der Waals surface area (Å²) in [7, 11) is 1.37. The van der Waals surface area contributed by atoms with Gasteiger partial charge in [-0.25, -0.2) is 0 Å². The van der Waals surface area contributed by atoms with Gasteiger partial charge in [-0.3, -0.25) is 4.79 Å². The normalized spacial score (nSPS) is 14.7. The third-order valence-corrected chi connectivity index (χ3v) is 2.56. The molecule has 1 rings (SSSR count). The number of amides is 1. The van der Waals surface area contributed by atoms with Crippen molar-refractivity contribution in [3.63, 3.8) is 0 Å². The molecule has 0 spiro atoms. The molecular formula is C13H16F3NO3. The van der Waals surface area contributed by atoms with Crippen molar-refractivity contribution in [1.29, 1.82) is 0 Å². The van der Waals surface area contributed by atoms with Crippen LogP contribution in [-0.2, 0) is 10.9 Å². The van der Waals surface area contributed by atoms with E-state index in [1.807, 2.05) is 0 Å². The number of hydrogen-bond donors (Lipinski definition) is 2. The summed E-state index contributed by atoms with van der Waals surface area (Å²) in [4.78, 5) is 11.8. The van der Waals surface area contributed by atoms with Gasteiger partial charge in [0.1, 0.15) is 5.60 Å². The summed E-state index contributed by atoms with van der Waals surface area (Å²) in [6, 6.07) is 4.48. The molecule has 0 aliphatic rings. The van der Waals surface area contributed by atoms with E-state index >= 15 is 0 Å². The summed E-state index contributed by atoms with van der Waals surface area (Å²) in [5.74, 6) is -0.894. The van der Waals surface area contributed by atoms with Gasteiger partial charge in [-0.15, -0.1) is 0 Å². The molecule has 0 radical (unpaired) electrons. The second kappa shape index (κ2) is 6.23. The number of halogens is 3. The molecule has 0 heterocycles. The lowest BCUT2D eigenvalue weighted by molar-refractivity contribution is -0.137. The number of carbonyl (C=O) groups is 1. The second-order valence-corrected chi connectivity index (χ2v) is 4.66. The van der Waals surface area contributed by atoms with Gasteiger partial charge in [0.2, 0.25) is 0 Å². The first-order valence-corrected chi connectivity index (χ1v) is 5.83. The maximum atomic E-state index is 12.8. The topological polar surface area (TPSA) is 58.6 Å². The average Bonchev–Trinajstić information content (AvgIpc) is 2.35. The van der Waals surface area contributed by atoms with Gasteiger partial charge in [-0.2, -0.15) is 13.2 Å². The van der Waals surface area contributed by atoms with Gasteiger partial charge in [0.15, 0.2) is 0 Å². The molecular weight excluding hydrogens is 275 g/mol. The van der Waals surface area contributed by atoms with Gasteiger partial charge >= 0.3 is 6.18 Å². The van der Waals surface area contributed by atoms with E-state index in [9.17, 15) is 23.1 Å². The molecule has 4 nitrogen and oxygen atoms in total. The minimum absolute atomic E-state index is 0.0474. The average molecular weight is 291 g/mol. The SMILES string of the molecule is COCC(C)(O)CNC(=O)c1ccccc1C(F)(F)F. The lowest BCUT2D eigenvalue weighted by atomic mass is 10.1. The molecule has 0 aliphatic heterocycles. The number of carbonyl (C=O) groups excluding carboxylic acids is 1. The van der Waals surface area contributed by atoms with Crippen LogP contribution in [0.3, 0.4) is 0 Å². The predicted molar refractivity (Wildman–Crippen MR) is 66.3 cm³/mol. The number of hydrogen-bond acceptors (Lipinski definition) is 3. The number of rotatable bonds is 5. The molecule has 2 N–H and O–H groups in total. The predicted octanol–water partition coefficient (Wildman–Crippen LogP) is 1.83. The lowest BCUT2D eigenvalue weighted by Crippen LogP contribution is -2.44. The Morgan fingerprint density at radius 2 is 1.95 bits per heavy atom. The molecule has 1 aromatic rings. The van der Waals surface area contributed by atoms with E-state index < -0.39 is 28.8 Å². The van der Waals surface area contributed by atoms with E-state index in [1.165, 1.54) is 26.2 Å². The van der Waals surface area contributed by atoms with Crippen LogP contribution in [0.5, 0.6) is 0 Å². The maximum absolute atomic E-state index is 12.8. The van der Waals surface area contributed by atoms with E-state index in [-0.39, 0.29) is 13.2 Å². The first-order chi connectivity index (χ1) is 9.17. The van der Waals surface area contributed by atoms with E-state index in [0.717, 1.165) is 12.1 Å². The summed E-state index contributed by atoms with van der Waals surface area (Å²) < 4.78 is 43.0. The standard InChI is InChI=1S/C13H16F3NO3/c1-12(19,8-20-2)7-17-11(18)9-5-3-4-6-10(9)13(14,15)16/h3-6,19H,7-8H2,1-2H3,(H,17,18). The van der Waals surface area contributed by atoms with Crippen molar-refractivity contribution in [2.75, 3.05) is 20.3 Å². The van der Waals surface area contributed by atoms with Crippen LogP contribution in [0, 0.1) is 0 Å². The smallest absolute Gasteiger partial charge is 0.386 e. The van der Waals surface area contributed by atoms with Crippen molar-refractivity contribution in [2.24, 2.45) is 0 Å². The van der Waals surface area contributed by atoms with Crippen LogP contribution in [0.25, 0.3) is 0 Å². The Kier molecular flexibility index (Phi) is 5.13.